The lowest BCUT2D eigenvalue weighted by molar-refractivity contribution is 0.0948. The molecule has 0 saturated carbocycles. The zero-order chi connectivity index (χ0) is 10.4. The summed E-state index contributed by atoms with van der Waals surface area (Å²) < 4.78 is 0. The van der Waals surface area contributed by atoms with E-state index < -0.39 is 0 Å². The zero-order valence-electron chi connectivity index (χ0n) is 7.86. The summed E-state index contributed by atoms with van der Waals surface area (Å²) in [6.45, 7) is 1.14. The largest absolute Gasteiger partial charge is 0.397 e. The number of aromatic nitrogens is 1. The number of rotatable bonds is 4. The van der Waals surface area contributed by atoms with Crippen molar-refractivity contribution >= 4 is 11.6 Å². The SMILES string of the molecule is NCCCNC(=O)c1ccc(N)cn1. The van der Waals surface area contributed by atoms with E-state index in [0.29, 0.717) is 24.5 Å². The van der Waals surface area contributed by atoms with Crippen LogP contribution in [0, 0.1) is 0 Å². The molecule has 1 heterocycles. The molecule has 1 rings (SSSR count). The molecule has 0 saturated heterocycles. The van der Waals surface area contributed by atoms with Gasteiger partial charge in [0, 0.05) is 6.54 Å². The Hall–Kier alpha value is -1.62. The van der Waals surface area contributed by atoms with E-state index in [1.165, 1.54) is 6.20 Å². The van der Waals surface area contributed by atoms with Gasteiger partial charge in [-0.1, -0.05) is 0 Å². The Kier molecular flexibility index (Phi) is 3.87. The maximum absolute atomic E-state index is 11.4. The van der Waals surface area contributed by atoms with Crippen LogP contribution in [0.4, 0.5) is 5.69 Å². The van der Waals surface area contributed by atoms with Crippen LogP contribution in [-0.4, -0.2) is 24.0 Å². The normalized spacial score (nSPS) is 9.79. The summed E-state index contributed by atoms with van der Waals surface area (Å²) in [5.41, 5.74) is 11.6. The number of nitrogens with two attached hydrogens (primary N) is 2. The van der Waals surface area contributed by atoms with Crippen LogP contribution in [-0.2, 0) is 0 Å². The van der Waals surface area contributed by atoms with Crippen molar-refractivity contribution in [3.63, 3.8) is 0 Å². The zero-order valence-corrected chi connectivity index (χ0v) is 7.86. The molecule has 0 fully saturated rings. The van der Waals surface area contributed by atoms with Gasteiger partial charge < -0.3 is 16.8 Å². The van der Waals surface area contributed by atoms with Crippen LogP contribution >= 0.6 is 0 Å². The molecule has 1 aromatic rings. The van der Waals surface area contributed by atoms with Crippen LogP contribution < -0.4 is 16.8 Å². The van der Waals surface area contributed by atoms with E-state index in [4.69, 9.17) is 11.5 Å². The van der Waals surface area contributed by atoms with Gasteiger partial charge in [0.2, 0.25) is 0 Å². The number of hydrogen-bond acceptors (Lipinski definition) is 4. The highest BCUT2D eigenvalue weighted by Gasteiger charge is 2.04. The van der Waals surface area contributed by atoms with E-state index in [9.17, 15) is 4.79 Å². The Morgan fingerprint density at radius 1 is 1.50 bits per heavy atom. The van der Waals surface area contributed by atoms with E-state index in [1.54, 1.807) is 12.1 Å². The minimum Gasteiger partial charge on any atom is -0.397 e. The molecule has 1 aromatic heterocycles. The lowest BCUT2D eigenvalue weighted by Crippen LogP contribution is -2.26. The van der Waals surface area contributed by atoms with Gasteiger partial charge in [0.1, 0.15) is 5.69 Å². The first-order chi connectivity index (χ1) is 6.74. The second-order valence-corrected chi connectivity index (χ2v) is 2.87. The molecular formula is C9H14N4O. The topological polar surface area (TPSA) is 94.0 Å². The number of carbonyl (C=O) groups is 1. The third-order valence-electron chi connectivity index (χ3n) is 1.69. The van der Waals surface area contributed by atoms with Crippen LogP contribution in [0.3, 0.4) is 0 Å². The fourth-order valence-electron chi connectivity index (χ4n) is 0.934. The molecule has 76 valence electrons. The molecule has 0 aliphatic carbocycles. The highest BCUT2D eigenvalue weighted by atomic mass is 16.1. The molecule has 5 N–H and O–H groups in total. The molecule has 0 aromatic carbocycles. The van der Waals surface area contributed by atoms with Crippen LogP contribution in [0.5, 0.6) is 0 Å². The average molecular weight is 194 g/mol. The number of hydrogen-bond donors (Lipinski definition) is 3. The van der Waals surface area contributed by atoms with Gasteiger partial charge in [-0.05, 0) is 25.1 Å². The quantitative estimate of drug-likeness (QED) is 0.576. The van der Waals surface area contributed by atoms with Crippen LogP contribution in [0.1, 0.15) is 16.9 Å². The molecule has 5 heteroatoms. The molecule has 1 amide bonds. The Bertz CT molecular complexity index is 296. The maximum Gasteiger partial charge on any atom is 0.269 e. The standard InChI is InChI=1S/C9H14N4O/c10-4-1-5-12-9(14)8-3-2-7(11)6-13-8/h2-3,6H,1,4-5,10-11H2,(H,12,14). The molecule has 0 radical (unpaired) electrons. The van der Waals surface area contributed by atoms with Crippen molar-refractivity contribution in [1.29, 1.82) is 0 Å². The van der Waals surface area contributed by atoms with E-state index in [2.05, 4.69) is 10.3 Å². The fourth-order valence-corrected chi connectivity index (χ4v) is 0.934. The number of nitrogen functional groups attached to an aromatic ring is 1. The Labute approximate surface area is 82.5 Å². The van der Waals surface area contributed by atoms with Crippen molar-refractivity contribution in [3.05, 3.63) is 24.0 Å². The first-order valence-electron chi connectivity index (χ1n) is 4.44. The molecular weight excluding hydrogens is 180 g/mol. The molecule has 0 aliphatic heterocycles. The number of amides is 1. The van der Waals surface area contributed by atoms with Gasteiger partial charge in [-0.15, -0.1) is 0 Å². The molecule has 5 nitrogen and oxygen atoms in total. The molecule has 0 atom stereocenters. The summed E-state index contributed by atoms with van der Waals surface area (Å²) in [6, 6.07) is 3.23. The summed E-state index contributed by atoms with van der Waals surface area (Å²) in [4.78, 5) is 15.3. The van der Waals surface area contributed by atoms with Crippen LogP contribution in [0.25, 0.3) is 0 Å². The van der Waals surface area contributed by atoms with Crippen molar-refractivity contribution in [3.8, 4) is 0 Å². The number of carbonyl (C=O) groups excluding carboxylic acids is 1. The van der Waals surface area contributed by atoms with Gasteiger partial charge in [0.25, 0.3) is 5.91 Å². The van der Waals surface area contributed by atoms with Crippen LogP contribution in [0.2, 0.25) is 0 Å². The molecule has 14 heavy (non-hydrogen) atoms. The van der Waals surface area contributed by atoms with Crippen molar-refractivity contribution in [2.75, 3.05) is 18.8 Å². The van der Waals surface area contributed by atoms with Gasteiger partial charge >= 0.3 is 0 Å². The predicted octanol–water partition coefficient (Wildman–Crippen LogP) is -0.258. The molecule has 0 aliphatic rings. The second kappa shape index (κ2) is 5.18. The van der Waals surface area contributed by atoms with Crippen LogP contribution in [0.15, 0.2) is 18.3 Å². The first-order valence-corrected chi connectivity index (χ1v) is 4.44. The van der Waals surface area contributed by atoms with Crippen molar-refractivity contribution in [2.45, 2.75) is 6.42 Å². The number of nitrogens with one attached hydrogen (secondary N) is 1. The number of pyridine rings is 1. The molecule has 0 spiro atoms. The summed E-state index contributed by atoms with van der Waals surface area (Å²) in [5, 5.41) is 2.70. The highest BCUT2D eigenvalue weighted by Crippen LogP contribution is 2.00. The van der Waals surface area contributed by atoms with Gasteiger partial charge in [-0.25, -0.2) is 4.98 Å². The van der Waals surface area contributed by atoms with Crippen molar-refractivity contribution in [2.24, 2.45) is 5.73 Å². The van der Waals surface area contributed by atoms with Gasteiger partial charge in [-0.3, -0.25) is 4.79 Å². The third-order valence-corrected chi connectivity index (χ3v) is 1.69. The van der Waals surface area contributed by atoms with E-state index >= 15 is 0 Å². The minimum atomic E-state index is -0.196. The van der Waals surface area contributed by atoms with Crippen molar-refractivity contribution in [1.82, 2.24) is 10.3 Å². The third kappa shape index (κ3) is 3.02. The summed E-state index contributed by atoms with van der Waals surface area (Å²) in [7, 11) is 0. The number of anilines is 1. The summed E-state index contributed by atoms with van der Waals surface area (Å²) in [6.07, 6.45) is 2.22. The van der Waals surface area contributed by atoms with Crippen molar-refractivity contribution < 1.29 is 4.79 Å². The number of nitrogens with zero attached hydrogens (tertiary/aromatic N) is 1. The van der Waals surface area contributed by atoms with E-state index in [1.807, 2.05) is 0 Å². The maximum atomic E-state index is 11.4. The molecule has 0 bridgehead atoms. The summed E-state index contributed by atoms with van der Waals surface area (Å²) in [5.74, 6) is -0.196. The fraction of sp³-hybridized carbons (Fsp3) is 0.333. The Morgan fingerprint density at radius 2 is 2.29 bits per heavy atom. The Balaban J connectivity index is 2.48. The predicted molar refractivity (Wildman–Crippen MR) is 54.7 cm³/mol. The smallest absolute Gasteiger partial charge is 0.269 e. The first kappa shape index (κ1) is 10.5. The molecule has 0 unspecified atom stereocenters. The minimum absolute atomic E-state index is 0.196. The Morgan fingerprint density at radius 3 is 2.86 bits per heavy atom. The van der Waals surface area contributed by atoms with Gasteiger partial charge in [0.05, 0.1) is 11.9 Å². The van der Waals surface area contributed by atoms with Gasteiger partial charge in [0.15, 0.2) is 0 Å². The lowest BCUT2D eigenvalue weighted by atomic mass is 10.3. The van der Waals surface area contributed by atoms with E-state index in [-0.39, 0.29) is 5.91 Å². The summed E-state index contributed by atoms with van der Waals surface area (Å²) >= 11 is 0. The second-order valence-electron chi connectivity index (χ2n) is 2.87. The average Bonchev–Trinajstić information content (AvgIpc) is 2.19. The van der Waals surface area contributed by atoms with E-state index in [0.717, 1.165) is 6.42 Å². The monoisotopic (exact) mass is 194 g/mol. The van der Waals surface area contributed by atoms with Gasteiger partial charge in [-0.2, -0.15) is 0 Å². The lowest BCUT2D eigenvalue weighted by Gasteiger charge is -2.03. The highest BCUT2D eigenvalue weighted by molar-refractivity contribution is 5.92.